The van der Waals surface area contributed by atoms with Crippen LogP contribution in [0.2, 0.25) is 0 Å². The number of carbonyl (C=O) groups is 1. The summed E-state index contributed by atoms with van der Waals surface area (Å²) >= 11 is 0. The molecule has 3 N–H and O–H groups in total. The van der Waals surface area contributed by atoms with Gasteiger partial charge in [0.25, 0.3) is 0 Å². The fourth-order valence-corrected chi connectivity index (χ4v) is 2.68. The van der Waals surface area contributed by atoms with E-state index in [9.17, 15) is 9.18 Å². The van der Waals surface area contributed by atoms with Gasteiger partial charge in [-0.3, -0.25) is 4.79 Å². The van der Waals surface area contributed by atoms with Gasteiger partial charge in [0.15, 0.2) is 0 Å². The van der Waals surface area contributed by atoms with Crippen molar-refractivity contribution in [3.05, 3.63) is 53.8 Å². The molecule has 2 aromatic rings. The monoisotopic (exact) mass is 388 g/mol. The average Bonchev–Trinajstić information content (AvgIpc) is 2.61. The lowest BCUT2D eigenvalue weighted by molar-refractivity contribution is -0.116. The summed E-state index contributed by atoms with van der Waals surface area (Å²) in [6.45, 7) is 1.18. The van der Waals surface area contributed by atoms with Gasteiger partial charge >= 0.3 is 7.12 Å². The number of carbonyl (C=O) groups excluding carboxylic acids is 1. The van der Waals surface area contributed by atoms with Crippen molar-refractivity contribution in [2.75, 3.05) is 32.6 Å². The van der Waals surface area contributed by atoms with E-state index in [0.29, 0.717) is 25.2 Å². The van der Waals surface area contributed by atoms with E-state index in [1.165, 1.54) is 12.1 Å². The number of nitrogens with one attached hydrogen (secondary N) is 1. The van der Waals surface area contributed by atoms with Gasteiger partial charge in [0.1, 0.15) is 11.6 Å². The molecule has 0 saturated carbocycles. The number of halogens is 1. The number of anilines is 1. The molecule has 0 bridgehead atoms. The van der Waals surface area contributed by atoms with E-state index in [1.807, 2.05) is 43.3 Å². The molecule has 150 valence electrons. The Hall–Kier alpha value is -2.42. The van der Waals surface area contributed by atoms with Crippen LogP contribution < -0.4 is 15.5 Å². The number of hydrogen-bond donors (Lipinski definition) is 3. The van der Waals surface area contributed by atoms with Crippen LogP contribution in [0.15, 0.2) is 42.5 Å². The Balaban J connectivity index is 1.82. The third-order valence-electron chi connectivity index (χ3n) is 4.13. The van der Waals surface area contributed by atoms with E-state index >= 15 is 0 Å². The van der Waals surface area contributed by atoms with Gasteiger partial charge in [-0.25, -0.2) is 4.39 Å². The van der Waals surface area contributed by atoms with E-state index < -0.39 is 12.9 Å². The summed E-state index contributed by atoms with van der Waals surface area (Å²) in [4.78, 5) is 14.0. The van der Waals surface area contributed by atoms with Gasteiger partial charge in [0, 0.05) is 30.1 Å². The predicted molar refractivity (Wildman–Crippen MR) is 108 cm³/mol. The van der Waals surface area contributed by atoms with Crippen molar-refractivity contribution in [3.8, 4) is 5.75 Å². The van der Waals surface area contributed by atoms with E-state index in [0.717, 1.165) is 30.3 Å². The molecule has 0 saturated heterocycles. The van der Waals surface area contributed by atoms with Crippen LogP contribution in [0.25, 0.3) is 0 Å². The van der Waals surface area contributed by atoms with Crippen LogP contribution in [0.4, 0.5) is 10.1 Å². The first-order valence-electron chi connectivity index (χ1n) is 9.17. The minimum Gasteiger partial charge on any atom is -0.493 e. The van der Waals surface area contributed by atoms with Gasteiger partial charge in [0.2, 0.25) is 5.91 Å². The van der Waals surface area contributed by atoms with Crippen LogP contribution in [0.5, 0.6) is 5.75 Å². The molecule has 6 nitrogen and oxygen atoms in total. The van der Waals surface area contributed by atoms with Crippen LogP contribution in [-0.2, 0) is 11.2 Å². The Morgan fingerprint density at radius 2 is 2.00 bits per heavy atom. The van der Waals surface area contributed by atoms with E-state index in [4.69, 9.17) is 14.8 Å². The minimum atomic E-state index is -1.85. The average molecular weight is 388 g/mol. The largest absolute Gasteiger partial charge is 0.493 e. The predicted octanol–water partition coefficient (Wildman–Crippen LogP) is 1.41. The molecular weight excluding hydrogens is 362 g/mol. The number of benzene rings is 2. The second-order valence-corrected chi connectivity index (χ2v) is 6.81. The van der Waals surface area contributed by atoms with E-state index in [2.05, 4.69) is 5.32 Å². The van der Waals surface area contributed by atoms with Crippen LogP contribution in [0.3, 0.4) is 0 Å². The molecule has 0 heterocycles. The zero-order chi connectivity index (χ0) is 20.5. The zero-order valence-electron chi connectivity index (χ0n) is 16.2. The smallest absolute Gasteiger partial charge is 0.491 e. The molecule has 0 atom stereocenters. The van der Waals surface area contributed by atoms with Crippen molar-refractivity contribution in [3.63, 3.8) is 0 Å². The van der Waals surface area contributed by atoms with Crippen molar-refractivity contribution in [1.29, 1.82) is 0 Å². The number of rotatable bonds is 10. The molecular formula is C20H26BFN2O4. The molecule has 0 spiro atoms. The molecule has 28 heavy (non-hydrogen) atoms. The molecule has 0 aliphatic carbocycles. The summed E-state index contributed by atoms with van der Waals surface area (Å²) in [6, 6.07) is 11.4. The third kappa shape index (κ3) is 7.30. The molecule has 2 rings (SSSR count). The first-order valence-corrected chi connectivity index (χ1v) is 9.17. The first-order chi connectivity index (χ1) is 13.3. The molecule has 2 aromatic carbocycles. The Labute approximate surface area is 165 Å². The fraction of sp³-hybridized carbons (Fsp3) is 0.350. The Morgan fingerprint density at radius 1 is 1.21 bits per heavy atom. The van der Waals surface area contributed by atoms with Gasteiger partial charge in [-0.15, -0.1) is 0 Å². The van der Waals surface area contributed by atoms with Crippen LogP contribution >= 0.6 is 0 Å². The normalized spacial score (nSPS) is 10.8. The summed E-state index contributed by atoms with van der Waals surface area (Å²) < 4.78 is 19.2. The van der Waals surface area contributed by atoms with Gasteiger partial charge in [-0.1, -0.05) is 18.2 Å². The van der Waals surface area contributed by atoms with Crippen molar-refractivity contribution in [1.82, 2.24) is 4.90 Å². The highest BCUT2D eigenvalue weighted by molar-refractivity contribution is 6.58. The summed E-state index contributed by atoms with van der Waals surface area (Å²) in [5, 5.41) is 20.9. The maximum Gasteiger partial charge on any atom is 0.491 e. The summed E-state index contributed by atoms with van der Waals surface area (Å²) in [7, 11) is 2.10. The van der Waals surface area contributed by atoms with Crippen LogP contribution in [0, 0.1) is 5.82 Å². The molecule has 0 radical (unpaired) electrons. The Bertz CT molecular complexity index is 787. The molecule has 0 aliphatic rings. The highest BCUT2D eigenvalue weighted by Crippen LogP contribution is 2.14. The second kappa shape index (κ2) is 10.8. The molecule has 0 fully saturated rings. The van der Waals surface area contributed by atoms with Crippen molar-refractivity contribution < 1.29 is 24.0 Å². The standard InChI is InChI=1S/C20H26BFN2O4/c1-24(2)11-4-7-20(25)23-16-6-3-5-15(13-16)10-12-28-17-8-9-18(21(26)27)19(22)14-17/h3,5-6,8-9,13-14,26-27H,4,7,10-12H2,1-2H3,(H,23,25). The lowest BCUT2D eigenvalue weighted by Crippen LogP contribution is -2.32. The molecule has 1 amide bonds. The van der Waals surface area contributed by atoms with Gasteiger partial charge in [-0.05, 0) is 50.8 Å². The lowest BCUT2D eigenvalue weighted by atomic mass is 9.80. The number of hydrogen-bond acceptors (Lipinski definition) is 5. The summed E-state index contributed by atoms with van der Waals surface area (Å²) in [5.41, 5.74) is 1.52. The Morgan fingerprint density at radius 3 is 2.68 bits per heavy atom. The summed E-state index contributed by atoms with van der Waals surface area (Å²) in [5.74, 6) is -0.435. The first kappa shape index (κ1) is 21.9. The van der Waals surface area contributed by atoms with Crippen LogP contribution in [0.1, 0.15) is 18.4 Å². The zero-order valence-corrected chi connectivity index (χ0v) is 16.2. The topological polar surface area (TPSA) is 82.0 Å². The number of nitrogens with zero attached hydrogens (tertiary/aromatic N) is 1. The van der Waals surface area contributed by atoms with Gasteiger partial charge in [-0.2, -0.15) is 0 Å². The molecule has 0 aliphatic heterocycles. The van der Waals surface area contributed by atoms with Crippen LogP contribution in [-0.4, -0.2) is 55.2 Å². The van der Waals surface area contributed by atoms with E-state index in [1.54, 1.807) is 0 Å². The Kier molecular flexibility index (Phi) is 8.44. The highest BCUT2D eigenvalue weighted by atomic mass is 19.1. The molecule has 8 heteroatoms. The molecule has 0 aromatic heterocycles. The maximum absolute atomic E-state index is 13.7. The third-order valence-corrected chi connectivity index (χ3v) is 4.13. The fourth-order valence-electron chi connectivity index (χ4n) is 2.68. The van der Waals surface area contributed by atoms with Crippen molar-refractivity contribution in [2.45, 2.75) is 19.3 Å². The maximum atomic E-state index is 13.7. The SMILES string of the molecule is CN(C)CCCC(=O)Nc1cccc(CCOc2ccc(B(O)O)c(F)c2)c1. The van der Waals surface area contributed by atoms with Crippen molar-refractivity contribution >= 4 is 24.2 Å². The quantitative estimate of drug-likeness (QED) is 0.537. The van der Waals surface area contributed by atoms with E-state index in [-0.39, 0.29) is 11.4 Å². The van der Waals surface area contributed by atoms with Crippen molar-refractivity contribution in [2.24, 2.45) is 0 Å². The minimum absolute atomic E-state index is 0.0168. The summed E-state index contributed by atoms with van der Waals surface area (Å²) in [6.07, 6.45) is 1.85. The number of amides is 1. The van der Waals surface area contributed by atoms with Gasteiger partial charge < -0.3 is 25.0 Å². The number of ether oxygens (including phenoxy) is 1. The highest BCUT2D eigenvalue weighted by Gasteiger charge is 2.16. The van der Waals surface area contributed by atoms with Gasteiger partial charge in [0.05, 0.1) is 6.61 Å². The second-order valence-electron chi connectivity index (χ2n) is 6.81. The molecule has 0 unspecified atom stereocenters. The lowest BCUT2D eigenvalue weighted by Gasteiger charge is -2.11.